The van der Waals surface area contributed by atoms with Crippen molar-refractivity contribution < 1.29 is 32.3 Å². The number of benzene rings is 2. The maximum absolute atomic E-state index is 13.5. The Hall–Kier alpha value is -3.92. The smallest absolute Gasteiger partial charge is 0.417 e. The zero-order valence-electron chi connectivity index (χ0n) is 21.7. The van der Waals surface area contributed by atoms with Gasteiger partial charge >= 0.3 is 12.3 Å². The van der Waals surface area contributed by atoms with Crippen molar-refractivity contribution in [1.29, 1.82) is 0 Å². The van der Waals surface area contributed by atoms with Gasteiger partial charge in [0.2, 0.25) is 5.91 Å². The summed E-state index contributed by atoms with van der Waals surface area (Å²) >= 11 is 5.80. The molecule has 2 N–H and O–H groups in total. The lowest BCUT2D eigenvalue weighted by molar-refractivity contribution is -0.137. The average molecular weight is 562 g/mol. The number of carbonyl (C=O) groups excluding carboxylic acids is 3. The van der Waals surface area contributed by atoms with Crippen LogP contribution in [0.2, 0.25) is 5.02 Å². The second kappa shape index (κ2) is 11.9. The predicted molar refractivity (Wildman–Crippen MR) is 143 cm³/mol. The van der Waals surface area contributed by atoms with Crippen LogP contribution in [0.15, 0.2) is 54.7 Å². The summed E-state index contributed by atoms with van der Waals surface area (Å²) < 4.78 is 45.6. The topological polar surface area (TPSA) is 97.4 Å². The molecule has 0 aliphatic heterocycles. The van der Waals surface area contributed by atoms with Crippen molar-refractivity contribution in [2.24, 2.45) is 0 Å². The van der Waals surface area contributed by atoms with Gasteiger partial charge in [-0.2, -0.15) is 13.2 Å². The Morgan fingerprint density at radius 1 is 0.949 bits per heavy atom. The average Bonchev–Trinajstić information content (AvgIpc) is 2.83. The molecule has 0 aliphatic rings. The van der Waals surface area contributed by atoms with E-state index in [2.05, 4.69) is 15.6 Å². The maximum Gasteiger partial charge on any atom is 0.417 e. The molecule has 2 amide bonds. The van der Waals surface area contributed by atoms with Crippen LogP contribution >= 0.6 is 11.6 Å². The van der Waals surface area contributed by atoms with E-state index in [0.717, 1.165) is 29.3 Å². The minimum Gasteiger partial charge on any atom is -0.444 e. The fourth-order valence-electron chi connectivity index (χ4n) is 3.58. The molecular formula is C28H27ClF3N3O4. The minimum absolute atomic E-state index is 0.227. The number of nitrogens with zero attached hydrogens (tertiary/aromatic N) is 1. The second-order valence-electron chi connectivity index (χ2n) is 9.62. The van der Waals surface area contributed by atoms with Crippen LogP contribution in [-0.2, 0) is 22.1 Å². The van der Waals surface area contributed by atoms with Gasteiger partial charge in [-0.15, -0.1) is 0 Å². The van der Waals surface area contributed by atoms with Crippen molar-refractivity contribution in [2.75, 3.05) is 10.6 Å². The first-order chi connectivity index (χ1) is 18.2. The molecule has 0 saturated carbocycles. The standard InChI is InChI=1S/C28H27ClF3N3O4/c1-5-19-12-17(9-10-33-19)16-7-6-8-18(11-16)24(36)15-25(37)34-22-13-20(28(30,31)32)21(29)14-23(22)35-26(38)39-27(2,3)4/h6-14H,5,15H2,1-4H3,(H,34,37)(H,35,38). The molecule has 39 heavy (non-hydrogen) atoms. The minimum atomic E-state index is -4.83. The molecule has 0 bridgehead atoms. The normalized spacial score (nSPS) is 11.6. The fourth-order valence-corrected chi connectivity index (χ4v) is 3.85. The Bertz CT molecular complexity index is 1400. The first-order valence-electron chi connectivity index (χ1n) is 12.0. The molecule has 3 aromatic rings. The van der Waals surface area contributed by atoms with Crippen molar-refractivity contribution in [3.63, 3.8) is 0 Å². The van der Waals surface area contributed by atoms with E-state index < -0.39 is 52.3 Å². The van der Waals surface area contributed by atoms with Crippen LogP contribution in [0.5, 0.6) is 0 Å². The molecule has 0 fully saturated rings. The number of Topliss-reactive ketones (excluding diaryl/α,β-unsaturated/α-hetero) is 1. The van der Waals surface area contributed by atoms with Crippen LogP contribution in [0.1, 0.15) is 55.7 Å². The molecule has 2 aromatic carbocycles. The van der Waals surface area contributed by atoms with Gasteiger partial charge in [0.1, 0.15) is 5.60 Å². The van der Waals surface area contributed by atoms with Gasteiger partial charge in [-0.25, -0.2) is 4.79 Å². The molecule has 0 unspecified atom stereocenters. The van der Waals surface area contributed by atoms with E-state index in [1.807, 2.05) is 19.1 Å². The largest absolute Gasteiger partial charge is 0.444 e. The Labute approximate surface area is 228 Å². The van der Waals surface area contributed by atoms with Crippen molar-refractivity contribution in [1.82, 2.24) is 4.98 Å². The molecule has 1 aromatic heterocycles. The van der Waals surface area contributed by atoms with Gasteiger partial charge in [0.15, 0.2) is 5.78 Å². The number of rotatable bonds is 7. The van der Waals surface area contributed by atoms with E-state index in [9.17, 15) is 27.6 Å². The van der Waals surface area contributed by atoms with Crippen LogP contribution in [0, 0.1) is 0 Å². The number of halogens is 4. The van der Waals surface area contributed by atoms with Crippen LogP contribution < -0.4 is 10.6 Å². The summed E-state index contributed by atoms with van der Waals surface area (Å²) in [5.41, 5.74) is -0.0235. The van der Waals surface area contributed by atoms with Gasteiger partial charge in [0.25, 0.3) is 0 Å². The van der Waals surface area contributed by atoms with E-state index >= 15 is 0 Å². The quantitative estimate of drug-likeness (QED) is 0.229. The number of aryl methyl sites for hydroxylation is 1. The van der Waals surface area contributed by atoms with E-state index in [4.69, 9.17) is 16.3 Å². The SMILES string of the molecule is CCc1cc(-c2cccc(C(=O)CC(=O)Nc3cc(C(F)(F)F)c(Cl)cc3NC(=O)OC(C)(C)C)c2)ccn1. The lowest BCUT2D eigenvalue weighted by atomic mass is 10.00. The summed E-state index contributed by atoms with van der Waals surface area (Å²) in [5.74, 6) is -1.43. The summed E-state index contributed by atoms with van der Waals surface area (Å²) in [4.78, 5) is 42.1. The molecule has 0 spiro atoms. The second-order valence-corrected chi connectivity index (χ2v) is 10.0. The highest BCUT2D eigenvalue weighted by Gasteiger charge is 2.34. The number of amides is 2. The number of hydrogen-bond donors (Lipinski definition) is 2. The molecule has 0 aliphatic carbocycles. The van der Waals surface area contributed by atoms with Crippen molar-refractivity contribution in [2.45, 2.75) is 52.3 Å². The van der Waals surface area contributed by atoms with Gasteiger partial charge in [0, 0.05) is 17.5 Å². The Morgan fingerprint density at radius 2 is 1.62 bits per heavy atom. The number of ether oxygens (including phenoxy) is 1. The highest BCUT2D eigenvalue weighted by Crippen LogP contribution is 2.39. The van der Waals surface area contributed by atoms with Gasteiger partial charge in [-0.05, 0) is 68.7 Å². The Morgan fingerprint density at radius 3 is 2.26 bits per heavy atom. The van der Waals surface area contributed by atoms with E-state index in [0.29, 0.717) is 6.07 Å². The first kappa shape index (κ1) is 29.6. The van der Waals surface area contributed by atoms with E-state index in [1.54, 1.807) is 51.2 Å². The first-order valence-corrected chi connectivity index (χ1v) is 12.3. The molecular weight excluding hydrogens is 535 g/mol. The summed E-state index contributed by atoms with van der Waals surface area (Å²) in [7, 11) is 0. The summed E-state index contributed by atoms with van der Waals surface area (Å²) in [6, 6.07) is 11.8. The Balaban J connectivity index is 1.83. The number of hydrogen-bond acceptors (Lipinski definition) is 5. The van der Waals surface area contributed by atoms with Crippen LogP contribution in [-0.4, -0.2) is 28.4 Å². The fraction of sp³-hybridized carbons (Fsp3) is 0.286. The van der Waals surface area contributed by atoms with E-state index in [1.165, 1.54) is 0 Å². The maximum atomic E-state index is 13.5. The van der Waals surface area contributed by atoms with Gasteiger partial charge in [0.05, 0.1) is 28.4 Å². The number of alkyl halides is 3. The third-order valence-electron chi connectivity index (χ3n) is 5.34. The molecule has 11 heteroatoms. The molecule has 0 saturated heterocycles. The number of carbonyl (C=O) groups is 3. The number of aromatic nitrogens is 1. The van der Waals surface area contributed by atoms with Gasteiger partial charge < -0.3 is 10.1 Å². The van der Waals surface area contributed by atoms with Crippen molar-refractivity contribution in [3.8, 4) is 11.1 Å². The van der Waals surface area contributed by atoms with Gasteiger partial charge in [-0.1, -0.05) is 36.7 Å². The molecule has 1 heterocycles. The number of pyridine rings is 1. The van der Waals surface area contributed by atoms with Gasteiger partial charge in [-0.3, -0.25) is 19.9 Å². The summed E-state index contributed by atoms with van der Waals surface area (Å²) in [6.07, 6.45) is -4.06. The van der Waals surface area contributed by atoms with Crippen molar-refractivity contribution in [3.05, 3.63) is 76.6 Å². The monoisotopic (exact) mass is 561 g/mol. The third kappa shape index (κ3) is 8.28. The predicted octanol–water partition coefficient (Wildman–Crippen LogP) is 7.54. The lowest BCUT2D eigenvalue weighted by Crippen LogP contribution is -2.28. The van der Waals surface area contributed by atoms with Crippen molar-refractivity contribution >= 4 is 40.8 Å². The van der Waals surface area contributed by atoms with E-state index in [-0.39, 0.29) is 11.3 Å². The Kier molecular flexibility index (Phi) is 9.01. The lowest BCUT2D eigenvalue weighted by Gasteiger charge is -2.21. The molecule has 0 atom stereocenters. The zero-order chi connectivity index (χ0) is 29.0. The zero-order valence-corrected chi connectivity index (χ0v) is 22.5. The van der Waals surface area contributed by atoms with Crippen LogP contribution in [0.4, 0.5) is 29.3 Å². The number of nitrogens with one attached hydrogen (secondary N) is 2. The third-order valence-corrected chi connectivity index (χ3v) is 5.65. The number of anilines is 2. The molecule has 7 nitrogen and oxygen atoms in total. The highest BCUT2D eigenvalue weighted by molar-refractivity contribution is 6.32. The molecule has 0 radical (unpaired) electrons. The number of ketones is 1. The summed E-state index contributed by atoms with van der Waals surface area (Å²) in [5, 5.41) is 3.88. The molecule has 206 valence electrons. The van der Waals surface area contributed by atoms with Crippen LogP contribution in [0.25, 0.3) is 11.1 Å². The molecule has 3 rings (SSSR count). The summed E-state index contributed by atoms with van der Waals surface area (Å²) in [6.45, 7) is 6.78. The highest BCUT2D eigenvalue weighted by atomic mass is 35.5. The van der Waals surface area contributed by atoms with Crippen LogP contribution in [0.3, 0.4) is 0 Å².